The van der Waals surface area contributed by atoms with E-state index in [0.717, 1.165) is 5.56 Å². The summed E-state index contributed by atoms with van der Waals surface area (Å²) in [5.41, 5.74) is 1.88. The van der Waals surface area contributed by atoms with Crippen LogP contribution in [0.15, 0.2) is 42.5 Å². The third-order valence-electron chi connectivity index (χ3n) is 4.08. The Bertz CT molecular complexity index is 920. The molecule has 5 nitrogen and oxygen atoms in total. The van der Waals surface area contributed by atoms with Crippen molar-refractivity contribution < 1.29 is 18.7 Å². The fourth-order valence-electron chi connectivity index (χ4n) is 2.76. The summed E-state index contributed by atoms with van der Waals surface area (Å²) < 4.78 is 23.9. The highest BCUT2D eigenvalue weighted by molar-refractivity contribution is 5.98. The number of nitrogens with one attached hydrogen (secondary N) is 2. The van der Waals surface area contributed by atoms with Crippen LogP contribution in [0.5, 0.6) is 11.5 Å². The molecular formula is C19H19FN2O3. The van der Waals surface area contributed by atoms with Crippen molar-refractivity contribution in [3.63, 3.8) is 0 Å². The molecule has 0 aliphatic heterocycles. The van der Waals surface area contributed by atoms with E-state index >= 15 is 0 Å². The number of hydrogen-bond acceptors (Lipinski definition) is 3. The number of methoxy groups -OCH3 is 2. The maximum absolute atomic E-state index is 13.3. The maximum atomic E-state index is 13.3. The lowest BCUT2D eigenvalue weighted by Gasteiger charge is -2.18. The molecule has 0 radical (unpaired) electrons. The van der Waals surface area contributed by atoms with Crippen molar-refractivity contribution in [2.24, 2.45) is 0 Å². The summed E-state index contributed by atoms with van der Waals surface area (Å²) in [5.74, 6) is 0.715. The van der Waals surface area contributed by atoms with Gasteiger partial charge in [0.15, 0.2) is 0 Å². The molecule has 0 spiro atoms. The van der Waals surface area contributed by atoms with Gasteiger partial charge in [0.2, 0.25) is 0 Å². The number of ether oxygens (including phenoxy) is 2. The van der Waals surface area contributed by atoms with Crippen molar-refractivity contribution in [2.75, 3.05) is 14.2 Å². The Balaban J connectivity index is 1.84. The van der Waals surface area contributed by atoms with E-state index in [9.17, 15) is 9.18 Å². The van der Waals surface area contributed by atoms with Crippen molar-refractivity contribution in [1.29, 1.82) is 0 Å². The number of benzene rings is 2. The van der Waals surface area contributed by atoms with Crippen LogP contribution >= 0.6 is 0 Å². The first-order chi connectivity index (χ1) is 12.0. The van der Waals surface area contributed by atoms with E-state index in [1.54, 1.807) is 38.5 Å². The van der Waals surface area contributed by atoms with E-state index in [-0.39, 0.29) is 17.8 Å². The summed E-state index contributed by atoms with van der Waals surface area (Å²) in [4.78, 5) is 15.5. The average molecular weight is 342 g/mol. The fourth-order valence-corrected chi connectivity index (χ4v) is 2.76. The Kier molecular flexibility index (Phi) is 4.61. The van der Waals surface area contributed by atoms with E-state index in [0.29, 0.717) is 28.1 Å². The first kappa shape index (κ1) is 16.8. The van der Waals surface area contributed by atoms with Crippen LogP contribution in [-0.2, 0) is 0 Å². The molecule has 0 unspecified atom stereocenters. The van der Waals surface area contributed by atoms with Gasteiger partial charge in [0.25, 0.3) is 5.91 Å². The molecule has 0 bridgehead atoms. The minimum Gasteiger partial charge on any atom is -0.497 e. The largest absolute Gasteiger partial charge is 0.497 e. The first-order valence-corrected chi connectivity index (χ1v) is 7.83. The number of fused-ring (bicyclic) bond motifs is 1. The smallest absolute Gasteiger partial charge is 0.268 e. The average Bonchev–Trinajstić information content (AvgIpc) is 3.04. The maximum Gasteiger partial charge on any atom is 0.268 e. The van der Waals surface area contributed by atoms with Crippen LogP contribution < -0.4 is 14.8 Å². The van der Waals surface area contributed by atoms with E-state index in [2.05, 4.69) is 10.3 Å². The number of halogens is 1. The zero-order valence-corrected chi connectivity index (χ0v) is 14.2. The molecular weight excluding hydrogens is 323 g/mol. The van der Waals surface area contributed by atoms with Gasteiger partial charge >= 0.3 is 0 Å². The quantitative estimate of drug-likeness (QED) is 0.741. The summed E-state index contributed by atoms with van der Waals surface area (Å²) in [6.45, 7) is 1.86. The van der Waals surface area contributed by atoms with E-state index < -0.39 is 0 Å². The van der Waals surface area contributed by atoms with Crippen LogP contribution in [0.25, 0.3) is 10.9 Å². The molecule has 1 amide bonds. The minimum absolute atomic E-state index is 0.283. The third kappa shape index (κ3) is 3.42. The topological polar surface area (TPSA) is 63.4 Å². The number of hydrogen-bond donors (Lipinski definition) is 2. The van der Waals surface area contributed by atoms with Crippen LogP contribution in [0.4, 0.5) is 4.39 Å². The van der Waals surface area contributed by atoms with Gasteiger partial charge in [0.1, 0.15) is 23.0 Å². The summed E-state index contributed by atoms with van der Waals surface area (Å²) in [7, 11) is 3.16. The van der Waals surface area contributed by atoms with E-state index in [1.807, 2.05) is 13.0 Å². The monoisotopic (exact) mass is 342 g/mol. The van der Waals surface area contributed by atoms with Crippen LogP contribution in [0, 0.1) is 5.82 Å². The van der Waals surface area contributed by atoms with Gasteiger partial charge in [0.05, 0.1) is 20.3 Å². The number of amides is 1. The van der Waals surface area contributed by atoms with Crippen LogP contribution in [-0.4, -0.2) is 25.1 Å². The normalized spacial score (nSPS) is 12.0. The Morgan fingerprint density at radius 1 is 1.12 bits per heavy atom. The second kappa shape index (κ2) is 6.84. The molecule has 3 aromatic rings. The third-order valence-corrected chi connectivity index (χ3v) is 4.08. The number of rotatable bonds is 5. The van der Waals surface area contributed by atoms with Gasteiger partial charge in [-0.2, -0.15) is 0 Å². The highest BCUT2D eigenvalue weighted by atomic mass is 19.1. The fraction of sp³-hybridized carbons (Fsp3) is 0.211. The van der Waals surface area contributed by atoms with Gasteiger partial charge in [-0.25, -0.2) is 4.39 Å². The number of carbonyl (C=O) groups excluding carboxylic acids is 1. The molecule has 1 atom stereocenters. The predicted octanol–water partition coefficient (Wildman–Crippen LogP) is 3.82. The molecule has 0 aliphatic rings. The predicted molar refractivity (Wildman–Crippen MR) is 93.7 cm³/mol. The van der Waals surface area contributed by atoms with Gasteiger partial charge in [-0.3, -0.25) is 4.79 Å². The lowest BCUT2D eigenvalue weighted by atomic mass is 10.1. The molecule has 130 valence electrons. The van der Waals surface area contributed by atoms with Crippen molar-refractivity contribution in [3.8, 4) is 11.5 Å². The SMILES string of the molecule is COc1ccc(OC)c([C@H](C)NC(=O)c2cc3cc(F)ccc3[nH]2)c1. The number of H-pyrrole nitrogens is 1. The summed E-state index contributed by atoms with van der Waals surface area (Å²) in [5, 5.41) is 3.56. The van der Waals surface area contributed by atoms with Crippen LogP contribution in [0.1, 0.15) is 29.0 Å². The van der Waals surface area contributed by atoms with Crippen molar-refractivity contribution in [1.82, 2.24) is 10.3 Å². The van der Waals surface area contributed by atoms with Crippen LogP contribution in [0.2, 0.25) is 0 Å². The van der Waals surface area contributed by atoms with Crippen molar-refractivity contribution in [3.05, 3.63) is 59.5 Å². The number of carbonyl (C=O) groups is 1. The Labute approximate surface area is 144 Å². The van der Waals surface area contributed by atoms with Crippen molar-refractivity contribution >= 4 is 16.8 Å². The van der Waals surface area contributed by atoms with E-state index in [4.69, 9.17) is 9.47 Å². The van der Waals surface area contributed by atoms with Gasteiger partial charge in [0, 0.05) is 16.5 Å². The van der Waals surface area contributed by atoms with Gasteiger partial charge in [-0.1, -0.05) is 0 Å². The second-order valence-corrected chi connectivity index (χ2v) is 5.72. The highest BCUT2D eigenvalue weighted by Gasteiger charge is 2.17. The van der Waals surface area contributed by atoms with Gasteiger partial charge in [-0.05, 0) is 49.4 Å². The number of aromatic amines is 1. The summed E-state index contributed by atoms with van der Waals surface area (Å²) in [6.07, 6.45) is 0. The Morgan fingerprint density at radius 2 is 1.92 bits per heavy atom. The minimum atomic E-state index is -0.340. The standard InChI is InChI=1S/C19H19FN2O3/c1-11(15-10-14(24-2)5-7-18(15)25-3)21-19(23)17-9-12-8-13(20)4-6-16(12)22-17/h4-11,22H,1-3H3,(H,21,23)/t11-/m0/s1. The van der Waals surface area contributed by atoms with Gasteiger partial charge < -0.3 is 19.8 Å². The molecule has 0 saturated carbocycles. The molecule has 3 rings (SSSR count). The summed E-state index contributed by atoms with van der Waals surface area (Å²) >= 11 is 0. The van der Waals surface area contributed by atoms with Crippen LogP contribution in [0.3, 0.4) is 0 Å². The Morgan fingerprint density at radius 3 is 2.64 bits per heavy atom. The van der Waals surface area contributed by atoms with Gasteiger partial charge in [-0.15, -0.1) is 0 Å². The van der Waals surface area contributed by atoms with Crippen molar-refractivity contribution in [2.45, 2.75) is 13.0 Å². The molecule has 1 aromatic heterocycles. The molecule has 0 saturated heterocycles. The Hall–Kier alpha value is -3.02. The lowest BCUT2D eigenvalue weighted by molar-refractivity contribution is 0.0935. The van der Waals surface area contributed by atoms with E-state index in [1.165, 1.54) is 12.1 Å². The first-order valence-electron chi connectivity index (χ1n) is 7.83. The molecule has 2 N–H and O–H groups in total. The molecule has 6 heteroatoms. The zero-order valence-electron chi connectivity index (χ0n) is 14.2. The molecule has 1 heterocycles. The number of aromatic nitrogens is 1. The molecule has 2 aromatic carbocycles. The molecule has 25 heavy (non-hydrogen) atoms. The zero-order chi connectivity index (χ0) is 18.0. The molecule has 0 fully saturated rings. The lowest BCUT2D eigenvalue weighted by Crippen LogP contribution is -2.27. The second-order valence-electron chi connectivity index (χ2n) is 5.72. The highest BCUT2D eigenvalue weighted by Crippen LogP contribution is 2.29. The summed E-state index contributed by atoms with van der Waals surface area (Å²) in [6, 6.07) is 11.1. The molecule has 0 aliphatic carbocycles.